The van der Waals surface area contributed by atoms with Crippen LogP contribution in [-0.4, -0.2) is 44.2 Å². The lowest BCUT2D eigenvalue weighted by atomic mass is 10.1. The fourth-order valence-corrected chi connectivity index (χ4v) is 1.28. The lowest BCUT2D eigenvalue weighted by Crippen LogP contribution is -2.48. The molecule has 0 radical (unpaired) electrons. The van der Waals surface area contributed by atoms with Gasteiger partial charge in [-0.2, -0.15) is 0 Å². The molecule has 0 saturated carbocycles. The van der Waals surface area contributed by atoms with Gasteiger partial charge in [0.1, 0.15) is 0 Å². The number of halogens is 1. The van der Waals surface area contributed by atoms with Crippen molar-refractivity contribution < 1.29 is 4.79 Å². The van der Waals surface area contributed by atoms with Gasteiger partial charge in [-0.3, -0.25) is 0 Å². The highest BCUT2D eigenvalue weighted by Gasteiger charge is 2.15. The van der Waals surface area contributed by atoms with Crippen LogP contribution in [-0.2, 0) is 0 Å². The third-order valence-corrected chi connectivity index (χ3v) is 2.03. The Balaban J connectivity index is 0.00000144. The van der Waals surface area contributed by atoms with Crippen LogP contribution in [0.3, 0.4) is 0 Å². The summed E-state index contributed by atoms with van der Waals surface area (Å²) in [7, 11) is 3.51. The summed E-state index contributed by atoms with van der Waals surface area (Å²) in [5.41, 5.74) is 0. The van der Waals surface area contributed by atoms with Crippen molar-refractivity contribution in [3.63, 3.8) is 0 Å². The third-order valence-electron chi connectivity index (χ3n) is 2.03. The first-order valence-electron chi connectivity index (χ1n) is 4.38. The molecule has 78 valence electrons. The van der Waals surface area contributed by atoms with Crippen molar-refractivity contribution >= 4 is 18.4 Å². The van der Waals surface area contributed by atoms with Crippen LogP contribution in [0.1, 0.15) is 12.8 Å². The van der Waals surface area contributed by atoms with Crippen LogP contribution in [0.15, 0.2) is 0 Å². The molecule has 2 N–H and O–H groups in total. The minimum absolute atomic E-state index is 0. The molecule has 0 unspecified atom stereocenters. The van der Waals surface area contributed by atoms with Crippen LogP contribution in [0.5, 0.6) is 0 Å². The van der Waals surface area contributed by atoms with Crippen LogP contribution < -0.4 is 10.6 Å². The van der Waals surface area contributed by atoms with Gasteiger partial charge in [-0.15, -0.1) is 12.4 Å². The van der Waals surface area contributed by atoms with E-state index in [1.54, 1.807) is 19.0 Å². The summed E-state index contributed by atoms with van der Waals surface area (Å²) in [4.78, 5) is 12.8. The Morgan fingerprint density at radius 1 is 1.54 bits per heavy atom. The largest absolute Gasteiger partial charge is 0.334 e. The van der Waals surface area contributed by atoms with E-state index in [1.807, 2.05) is 0 Å². The first kappa shape index (κ1) is 12.5. The Labute approximate surface area is 85.5 Å². The topological polar surface area (TPSA) is 44.4 Å². The molecular formula is C8H18ClN3O. The Morgan fingerprint density at radius 3 is 2.69 bits per heavy atom. The van der Waals surface area contributed by atoms with Crippen molar-refractivity contribution in [2.45, 2.75) is 18.9 Å². The van der Waals surface area contributed by atoms with Gasteiger partial charge in [-0.25, -0.2) is 4.79 Å². The molecule has 0 aliphatic carbocycles. The zero-order valence-corrected chi connectivity index (χ0v) is 8.99. The number of amides is 2. The summed E-state index contributed by atoms with van der Waals surface area (Å²) in [6, 6.07) is 0.317. The first-order valence-corrected chi connectivity index (χ1v) is 4.38. The second-order valence-corrected chi connectivity index (χ2v) is 3.39. The highest BCUT2D eigenvalue weighted by Crippen LogP contribution is 2.01. The number of rotatable bonds is 1. The normalized spacial score (nSPS) is 21.5. The number of hydrogen-bond acceptors (Lipinski definition) is 2. The predicted molar refractivity (Wildman–Crippen MR) is 55.4 cm³/mol. The number of urea groups is 1. The number of piperidine rings is 1. The van der Waals surface area contributed by atoms with E-state index in [2.05, 4.69) is 10.6 Å². The van der Waals surface area contributed by atoms with E-state index in [9.17, 15) is 4.79 Å². The van der Waals surface area contributed by atoms with Crippen LogP contribution in [0, 0.1) is 0 Å². The van der Waals surface area contributed by atoms with Gasteiger partial charge in [0.2, 0.25) is 0 Å². The van der Waals surface area contributed by atoms with Crippen molar-refractivity contribution in [2.24, 2.45) is 0 Å². The molecule has 0 aromatic rings. The number of nitrogens with one attached hydrogen (secondary N) is 2. The molecule has 1 saturated heterocycles. The van der Waals surface area contributed by atoms with E-state index in [4.69, 9.17) is 0 Å². The molecule has 4 nitrogen and oxygen atoms in total. The van der Waals surface area contributed by atoms with Gasteiger partial charge < -0.3 is 15.5 Å². The average molecular weight is 208 g/mol. The van der Waals surface area contributed by atoms with Gasteiger partial charge in [-0.1, -0.05) is 0 Å². The maximum Gasteiger partial charge on any atom is 0.317 e. The summed E-state index contributed by atoms with van der Waals surface area (Å²) in [6.45, 7) is 1.98. The van der Waals surface area contributed by atoms with E-state index in [1.165, 1.54) is 0 Å². The molecule has 0 aromatic carbocycles. The van der Waals surface area contributed by atoms with Crippen LogP contribution in [0.25, 0.3) is 0 Å². The molecular weight excluding hydrogens is 190 g/mol. The first-order chi connectivity index (χ1) is 5.70. The van der Waals surface area contributed by atoms with Crippen molar-refractivity contribution in [2.75, 3.05) is 27.2 Å². The highest BCUT2D eigenvalue weighted by molar-refractivity contribution is 5.85. The smallest absolute Gasteiger partial charge is 0.317 e. The van der Waals surface area contributed by atoms with E-state index >= 15 is 0 Å². The maximum atomic E-state index is 11.2. The van der Waals surface area contributed by atoms with E-state index in [0.29, 0.717) is 6.04 Å². The number of hydrogen-bond donors (Lipinski definition) is 2. The Hall–Kier alpha value is -0.480. The average Bonchev–Trinajstić information content (AvgIpc) is 2.06. The lowest BCUT2D eigenvalue weighted by Gasteiger charge is -2.25. The molecule has 1 fully saturated rings. The fourth-order valence-electron chi connectivity index (χ4n) is 1.28. The van der Waals surface area contributed by atoms with Crippen LogP contribution in [0.4, 0.5) is 4.79 Å². The Bertz CT molecular complexity index is 157. The molecule has 0 spiro atoms. The molecule has 0 aromatic heterocycles. The maximum absolute atomic E-state index is 11.2. The van der Waals surface area contributed by atoms with Crippen molar-refractivity contribution in [1.29, 1.82) is 0 Å². The zero-order valence-electron chi connectivity index (χ0n) is 8.17. The number of carbonyl (C=O) groups excluding carboxylic acids is 1. The fraction of sp³-hybridized carbons (Fsp3) is 0.875. The predicted octanol–water partition coefficient (Wildman–Crippen LogP) is 0.431. The SMILES string of the molecule is CN(C)C(=O)N[C@H]1CCCNC1.Cl. The van der Waals surface area contributed by atoms with Crippen molar-refractivity contribution in [3.05, 3.63) is 0 Å². The monoisotopic (exact) mass is 207 g/mol. The van der Waals surface area contributed by atoms with Gasteiger partial charge >= 0.3 is 6.03 Å². The van der Waals surface area contributed by atoms with Gasteiger partial charge in [0.05, 0.1) is 0 Å². The van der Waals surface area contributed by atoms with Crippen LogP contribution in [0.2, 0.25) is 0 Å². The minimum Gasteiger partial charge on any atom is -0.334 e. The molecule has 1 atom stereocenters. The van der Waals surface area contributed by atoms with Gasteiger partial charge in [0, 0.05) is 26.7 Å². The summed E-state index contributed by atoms with van der Waals surface area (Å²) >= 11 is 0. The van der Waals surface area contributed by atoms with Gasteiger partial charge in [0.25, 0.3) is 0 Å². The molecule has 1 rings (SSSR count). The van der Waals surface area contributed by atoms with Gasteiger partial charge in [-0.05, 0) is 19.4 Å². The van der Waals surface area contributed by atoms with E-state index < -0.39 is 0 Å². The molecule has 0 bridgehead atoms. The molecule has 13 heavy (non-hydrogen) atoms. The molecule has 1 heterocycles. The van der Waals surface area contributed by atoms with Crippen molar-refractivity contribution in [1.82, 2.24) is 15.5 Å². The second-order valence-electron chi connectivity index (χ2n) is 3.39. The number of nitrogens with zero attached hydrogens (tertiary/aromatic N) is 1. The van der Waals surface area contributed by atoms with Gasteiger partial charge in [0.15, 0.2) is 0 Å². The minimum atomic E-state index is 0. The van der Waals surface area contributed by atoms with E-state index in [-0.39, 0.29) is 18.4 Å². The molecule has 1 aliphatic heterocycles. The number of carbonyl (C=O) groups is 1. The third kappa shape index (κ3) is 4.33. The molecule has 2 amide bonds. The second kappa shape index (κ2) is 6.05. The quantitative estimate of drug-likeness (QED) is 0.655. The summed E-state index contributed by atoms with van der Waals surface area (Å²) in [5, 5.41) is 6.19. The lowest BCUT2D eigenvalue weighted by molar-refractivity contribution is 0.210. The van der Waals surface area contributed by atoms with Crippen LogP contribution >= 0.6 is 12.4 Å². The summed E-state index contributed by atoms with van der Waals surface area (Å²) < 4.78 is 0. The Morgan fingerprint density at radius 2 is 2.23 bits per heavy atom. The molecule has 5 heteroatoms. The Kier molecular flexibility index (Phi) is 5.82. The highest BCUT2D eigenvalue weighted by atomic mass is 35.5. The summed E-state index contributed by atoms with van der Waals surface area (Å²) in [6.07, 6.45) is 2.24. The van der Waals surface area contributed by atoms with E-state index in [0.717, 1.165) is 25.9 Å². The standard InChI is InChI=1S/C8H17N3O.ClH/c1-11(2)8(12)10-7-4-3-5-9-6-7;/h7,9H,3-6H2,1-2H3,(H,10,12);1H/t7-;/m0./s1. The summed E-state index contributed by atoms with van der Waals surface area (Å²) in [5.74, 6) is 0. The zero-order chi connectivity index (χ0) is 8.97. The molecule has 1 aliphatic rings. The van der Waals surface area contributed by atoms with Crippen molar-refractivity contribution in [3.8, 4) is 0 Å².